The average Bonchev–Trinajstić information content (AvgIpc) is 3.48. The first-order valence-electron chi connectivity index (χ1n) is 16.5. The molecule has 3 aliphatic carbocycles. The number of amides is 3. The van der Waals surface area contributed by atoms with Crippen molar-refractivity contribution < 1.29 is 23.5 Å². The van der Waals surface area contributed by atoms with Gasteiger partial charge in [0, 0.05) is 30.5 Å². The Morgan fingerprint density at radius 1 is 0.911 bits per heavy atom. The first-order valence-corrected chi connectivity index (χ1v) is 16.5. The first kappa shape index (κ1) is 31.1. The summed E-state index contributed by atoms with van der Waals surface area (Å²) < 4.78 is 19.9. The minimum atomic E-state index is -1.25. The highest BCUT2D eigenvalue weighted by atomic mass is 19.1. The molecule has 2 aromatic carbocycles. The Balaban J connectivity index is 1.12. The maximum absolute atomic E-state index is 14.2. The number of fused-ring (bicyclic) bond motifs is 3. The van der Waals surface area contributed by atoms with E-state index in [4.69, 9.17) is 4.74 Å². The lowest BCUT2D eigenvalue weighted by Crippen LogP contribution is -2.63. The topological polar surface area (TPSA) is 94.0 Å². The third kappa shape index (κ3) is 6.56. The molecule has 5 aliphatic rings. The van der Waals surface area contributed by atoms with Gasteiger partial charge in [0.25, 0.3) is 0 Å². The van der Waals surface area contributed by atoms with Crippen molar-refractivity contribution in [2.75, 3.05) is 26.2 Å². The van der Waals surface area contributed by atoms with Crippen molar-refractivity contribution in [1.82, 2.24) is 14.7 Å². The second kappa shape index (κ2) is 13.2. The van der Waals surface area contributed by atoms with Crippen molar-refractivity contribution in [3.63, 3.8) is 0 Å². The number of carbonyl (C=O) groups is 3. The molecule has 3 amide bonds. The Bertz CT molecular complexity index is 1380. The van der Waals surface area contributed by atoms with Crippen molar-refractivity contribution in [2.24, 2.45) is 11.3 Å². The molecular weight excluding hydrogens is 571 g/mol. The van der Waals surface area contributed by atoms with Crippen LogP contribution in [0.4, 0.5) is 9.18 Å². The van der Waals surface area contributed by atoms with Gasteiger partial charge in [0.05, 0.1) is 12.6 Å². The fourth-order valence-corrected chi connectivity index (χ4v) is 8.15. The van der Waals surface area contributed by atoms with Crippen LogP contribution in [-0.4, -0.2) is 76.5 Å². The number of piperidine rings is 1. The highest BCUT2D eigenvalue weighted by Crippen LogP contribution is 2.56. The summed E-state index contributed by atoms with van der Waals surface area (Å²) >= 11 is 0. The number of hydrogen-bond acceptors (Lipinski definition) is 5. The van der Waals surface area contributed by atoms with Gasteiger partial charge in [-0.15, -0.1) is 0 Å². The number of hydrogen-bond donors (Lipinski definition) is 0. The summed E-state index contributed by atoms with van der Waals surface area (Å²) in [6, 6.07) is 21.1. The van der Waals surface area contributed by atoms with Crippen molar-refractivity contribution in [1.29, 1.82) is 5.26 Å². The van der Waals surface area contributed by atoms with Crippen LogP contribution in [-0.2, 0) is 27.4 Å². The van der Waals surface area contributed by atoms with Crippen molar-refractivity contribution >= 4 is 17.9 Å². The first-order chi connectivity index (χ1) is 21.8. The standard InChI is InChI=1S/C36H43FN4O4/c37-30-22-31(23-38)40(24-30)32(42)25-41(34(44)45-26-29-9-5-2-6-10-29)36-16-13-35(14-17-36,15-18-36)33(43)39-19-11-28(12-20-39)21-27-7-3-1-4-8-27/h1-10,28,30-31H,11-22,24-26H2/t30-,31-,35?,36?/m0/s1. The van der Waals surface area contributed by atoms with Crippen LogP contribution in [0.25, 0.3) is 0 Å². The van der Waals surface area contributed by atoms with Gasteiger partial charge < -0.3 is 14.5 Å². The van der Waals surface area contributed by atoms with E-state index in [0.29, 0.717) is 44.4 Å². The van der Waals surface area contributed by atoms with Gasteiger partial charge in [0.15, 0.2) is 0 Å². The summed E-state index contributed by atoms with van der Waals surface area (Å²) in [6.07, 6.45) is 4.97. The number of carbonyl (C=O) groups excluding carboxylic acids is 3. The molecule has 0 spiro atoms. The summed E-state index contributed by atoms with van der Waals surface area (Å²) in [7, 11) is 0. The summed E-state index contributed by atoms with van der Waals surface area (Å²) in [6.45, 7) is 1.22. The predicted molar refractivity (Wildman–Crippen MR) is 166 cm³/mol. The van der Waals surface area contributed by atoms with E-state index >= 15 is 0 Å². The Kier molecular flexibility index (Phi) is 9.11. The van der Waals surface area contributed by atoms with Gasteiger partial charge in [-0.1, -0.05) is 60.7 Å². The summed E-state index contributed by atoms with van der Waals surface area (Å²) in [5.74, 6) is 0.381. The largest absolute Gasteiger partial charge is 0.445 e. The predicted octanol–water partition coefficient (Wildman–Crippen LogP) is 5.66. The Morgan fingerprint density at radius 2 is 1.51 bits per heavy atom. The number of rotatable bonds is 8. The third-order valence-corrected chi connectivity index (χ3v) is 10.9. The molecule has 5 fully saturated rings. The third-order valence-electron chi connectivity index (χ3n) is 10.9. The lowest BCUT2D eigenvalue weighted by Gasteiger charge is -2.57. The molecule has 2 bridgehead atoms. The average molecular weight is 615 g/mol. The molecule has 3 saturated carbocycles. The quantitative estimate of drug-likeness (QED) is 0.383. The van der Waals surface area contributed by atoms with Crippen LogP contribution in [0.3, 0.4) is 0 Å². The van der Waals surface area contributed by atoms with Gasteiger partial charge in [0.1, 0.15) is 25.4 Å². The number of alkyl halides is 1. The molecule has 7 rings (SSSR count). The fourth-order valence-electron chi connectivity index (χ4n) is 8.15. The van der Waals surface area contributed by atoms with Crippen LogP contribution in [0.15, 0.2) is 60.7 Å². The number of benzene rings is 2. The van der Waals surface area contributed by atoms with E-state index in [-0.39, 0.29) is 32.0 Å². The number of ether oxygens (including phenoxy) is 1. The molecule has 2 saturated heterocycles. The summed E-state index contributed by atoms with van der Waals surface area (Å²) in [5, 5.41) is 9.53. The zero-order valence-corrected chi connectivity index (χ0v) is 25.9. The van der Waals surface area contributed by atoms with Crippen LogP contribution in [0.1, 0.15) is 68.9 Å². The lowest BCUT2D eigenvalue weighted by molar-refractivity contribution is -0.155. The molecule has 0 aromatic heterocycles. The number of nitrogens with zero attached hydrogens (tertiary/aromatic N) is 4. The zero-order valence-electron chi connectivity index (χ0n) is 25.9. The Hall–Kier alpha value is -3.93. The Morgan fingerprint density at radius 3 is 2.11 bits per heavy atom. The molecule has 2 aliphatic heterocycles. The van der Waals surface area contributed by atoms with E-state index in [2.05, 4.69) is 29.2 Å². The van der Waals surface area contributed by atoms with Gasteiger partial charge in [-0.3, -0.25) is 14.5 Å². The van der Waals surface area contributed by atoms with Crippen LogP contribution >= 0.6 is 0 Å². The molecule has 8 nitrogen and oxygen atoms in total. The van der Waals surface area contributed by atoms with E-state index in [1.54, 1.807) is 4.90 Å². The molecule has 238 valence electrons. The van der Waals surface area contributed by atoms with Crippen LogP contribution in [0.2, 0.25) is 0 Å². The van der Waals surface area contributed by atoms with Crippen molar-refractivity contribution in [3.05, 3.63) is 71.8 Å². The molecule has 0 N–H and O–H groups in total. The zero-order chi connectivity index (χ0) is 31.4. The minimum absolute atomic E-state index is 0.0139. The monoisotopic (exact) mass is 614 g/mol. The molecule has 2 aromatic rings. The van der Waals surface area contributed by atoms with Gasteiger partial charge in [-0.05, 0) is 74.8 Å². The number of halogens is 1. The molecule has 45 heavy (non-hydrogen) atoms. The van der Waals surface area contributed by atoms with Crippen LogP contribution < -0.4 is 0 Å². The molecule has 0 unspecified atom stereocenters. The van der Waals surface area contributed by atoms with Crippen molar-refractivity contribution in [2.45, 2.75) is 88.6 Å². The normalized spacial score (nSPS) is 28.0. The Labute approximate surface area is 265 Å². The summed E-state index contributed by atoms with van der Waals surface area (Å²) in [5.41, 5.74) is 1.13. The minimum Gasteiger partial charge on any atom is -0.445 e. The molecule has 0 radical (unpaired) electrons. The molecule has 2 heterocycles. The van der Waals surface area contributed by atoms with E-state index in [9.17, 15) is 24.0 Å². The number of nitriles is 1. The molecule has 2 atom stereocenters. The smallest absolute Gasteiger partial charge is 0.411 e. The SMILES string of the molecule is N#C[C@@H]1C[C@H](F)CN1C(=O)CN(C(=O)OCc1ccccc1)C12CCC(C(=O)N3CCC(Cc4ccccc4)CC3)(CC1)CC2. The second-order valence-corrected chi connectivity index (χ2v) is 13.6. The van der Waals surface area contributed by atoms with Gasteiger partial charge in [-0.2, -0.15) is 5.26 Å². The summed E-state index contributed by atoms with van der Waals surface area (Å²) in [4.78, 5) is 46.1. The lowest BCUT2D eigenvalue weighted by atomic mass is 9.56. The second-order valence-electron chi connectivity index (χ2n) is 13.6. The van der Waals surface area contributed by atoms with Gasteiger partial charge in [0.2, 0.25) is 11.8 Å². The highest BCUT2D eigenvalue weighted by molar-refractivity contribution is 5.85. The van der Waals surface area contributed by atoms with E-state index < -0.39 is 35.2 Å². The number of likely N-dealkylation sites (tertiary alicyclic amines) is 2. The van der Waals surface area contributed by atoms with Gasteiger partial charge in [-0.25, -0.2) is 9.18 Å². The maximum atomic E-state index is 14.2. The molecule has 9 heteroatoms. The van der Waals surface area contributed by atoms with E-state index in [1.807, 2.05) is 42.5 Å². The molecular formula is C36H43FN4O4. The van der Waals surface area contributed by atoms with E-state index in [0.717, 1.165) is 37.9 Å². The van der Waals surface area contributed by atoms with Crippen LogP contribution in [0, 0.1) is 22.7 Å². The fraction of sp³-hybridized carbons (Fsp3) is 0.556. The van der Waals surface area contributed by atoms with E-state index in [1.165, 1.54) is 10.5 Å². The van der Waals surface area contributed by atoms with Crippen molar-refractivity contribution in [3.8, 4) is 6.07 Å². The highest BCUT2D eigenvalue weighted by Gasteiger charge is 2.57. The van der Waals surface area contributed by atoms with Crippen LogP contribution in [0.5, 0.6) is 0 Å². The maximum Gasteiger partial charge on any atom is 0.411 e. The van der Waals surface area contributed by atoms with Gasteiger partial charge >= 0.3 is 6.09 Å².